The van der Waals surface area contributed by atoms with Crippen molar-refractivity contribution in [3.8, 4) is 0 Å². The number of hydrogen-bond acceptors (Lipinski definition) is 0. The Bertz CT molecular complexity index is 733. The minimum Gasteiger partial charge on any atom is -0.0776 e. The second-order valence-electron chi connectivity index (χ2n) is 7.72. The second-order valence-corrected chi connectivity index (χ2v) is 8.64. The molecule has 0 nitrogen and oxygen atoms in total. The molecule has 2 aromatic carbocycles. The maximum Gasteiger partial charge on any atom is 0.0178 e. The van der Waals surface area contributed by atoms with Crippen molar-refractivity contribution in [1.82, 2.24) is 0 Å². The van der Waals surface area contributed by atoms with Gasteiger partial charge in [-0.05, 0) is 84.2 Å². The van der Waals surface area contributed by atoms with E-state index in [4.69, 9.17) is 0 Å². The predicted octanol–water partition coefficient (Wildman–Crippen LogP) is 7.65. The van der Waals surface area contributed by atoms with Crippen LogP contribution in [0.15, 0.2) is 46.9 Å². The quantitative estimate of drug-likeness (QED) is 0.483. The highest BCUT2D eigenvalue weighted by Gasteiger charge is 2.51. The van der Waals surface area contributed by atoms with Gasteiger partial charge in [-0.1, -0.05) is 74.5 Å². The Hall–Kier alpha value is -1.08. The molecular weight excluding hydrogens is 368 g/mol. The van der Waals surface area contributed by atoms with E-state index in [2.05, 4.69) is 86.1 Å². The summed E-state index contributed by atoms with van der Waals surface area (Å²) in [6.07, 6.45) is 6.13. The van der Waals surface area contributed by atoms with Crippen molar-refractivity contribution in [1.29, 1.82) is 0 Å². The number of benzene rings is 2. The summed E-state index contributed by atoms with van der Waals surface area (Å²) in [4.78, 5) is 0. The van der Waals surface area contributed by atoms with E-state index < -0.39 is 0 Å². The molecule has 0 spiro atoms. The molecule has 0 heterocycles. The van der Waals surface area contributed by atoms with Crippen molar-refractivity contribution in [2.45, 2.75) is 72.6 Å². The van der Waals surface area contributed by atoms with E-state index in [0.29, 0.717) is 5.41 Å². The summed E-state index contributed by atoms with van der Waals surface area (Å²) in [5, 5.41) is 0. The van der Waals surface area contributed by atoms with Crippen LogP contribution >= 0.6 is 15.9 Å². The third kappa shape index (κ3) is 3.33. The van der Waals surface area contributed by atoms with E-state index in [-0.39, 0.29) is 12.8 Å². The molecule has 136 valence electrons. The lowest BCUT2D eigenvalue weighted by molar-refractivity contribution is 0.124. The molecule has 3 rings (SSSR count). The molecule has 0 aromatic heterocycles. The van der Waals surface area contributed by atoms with Crippen molar-refractivity contribution < 1.29 is 0 Å². The van der Waals surface area contributed by atoms with Crippen LogP contribution in [0.1, 0.15) is 69.7 Å². The van der Waals surface area contributed by atoms with Crippen LogP contribution in [0.25, 0.3) is 0 Å². The standard InChI is InChI=1S/C23H29Br.CH4/c1-5-22(4)21-15-20(24)12-11-19(21)16-23(22,6-2)14-13-18-10-8-7-9-17(18)3;/h7-12,15H,5-6,13-14,16H2,1-4H3;1H4. The molecule has 1 heteroatoms. The molecule has 0 bridgehead atoms. The molecule has 0 fully saturated rings. The lowest BCUT2D eigenvalue weighted by Gasteiger charge is -2.44. The predicted molar refractivity (Wildman–Crippen MR) is 114 cm³/mol. The lowest BCUT2D eigenvalue weighted by atomic mass is 9.59. The van der Waals surface area contributed by atoms with Crippen molar-refractivity contribution in [3.63, 3.8) is 0 Å². The Labute approximate surface area is 163 Å². The van der Waals surface area contributed by atoms with Crippen LogP contribution in [-0.2, 0) is 18.3 Å². The third-order valence-corrected chi connectivity index (χ3v) is 7.38. The zero-order chi connectivity index (χ0) is 17.4. The van der Waals surface area contributed by atoms with E-state index in [1.165, 1.54) is 47.7 Å². The molecule has 0 radical (unpaired) electrons. The molecule has 0 amide bonds. The van der Waals surface area contributed by atoms with E-state index in [1.807, 2.05) is 0 Å². The third-order valence-electron chi connectivity index (χ3n) is 6.88. The molecule has 25 heavy (non-hydrogen) atoms. The number of rotatable bonds is 5. The number of fused-ring (bicyclic) bond motifs is 1. The van der Waals surface area contributed by atoms with Gasteiger partial charge in [0.2, 0.25) is 0 Å². The molecule has 1 aliphatic carbocycles. The SMILES string of the molecule is C.CCC1(CCc2ccccc2C)Cc2ccc(Br)cc2C1(C)CC. The van der Waals surface area contributed by atoms with Crippen LogP contribution in [-0.4, -0.2) is 0 Å². The van der Waals surface area contributed by atoms with Gasteiger partial charge in [0.25, 0.3) is 0 Å². The van der Waals surface area contributed by atoms with Gasteiger partial charge < -0.3 is 0 Å². The molecule has 0 saturated carbocycles. The highest BCUT2D eigenvalue weighted by molar-refractivity contribution is 9.10. The van der Waals surface area contributed by atoms with Crippen LogP contribution in [0.3, 0.4) is 0 Å². The van der Waals surface area contributed by atoms with Gasteiger partial charge >= 0.3 is 0 Å². The highest BCUT2D eigenvalue weighted by atomic mass is 79.9. The van der Waals surface area contributed by atoms with Crippen molar-refractivity contribution >= 4 is 15.9 Å². The lowest BCUT2D eigenvalue weighted by Crippen LogP contribution is -2.40. The molecule has 1 aliphatic rings. The van der Waals surface area contributed by atoms with Gasteiger partial charge in [0.05, 0.1) is 0 Å². The number of halogens is 1. The van der Waals surface area contributed by atoms with Gasteiger partial charge in [-0.25, -0.2) is 0 Å². The summed E-state index contributed by atoms with van der Waals surface area (Å²) in [6, 6.07) is 15.8. The minimum atomic E-state index is 0. The molecule has 0 aliphatic heterocycles. The summed E-state index contributed by atoms with van der Waals surface area (Å²) in [5.41, 5.74) is 6.72. The van der Waals surface area contributed by atoms with E-state index in [1.54, 1.807) is 11.1 Å². The van der Waals surface area contributed by atoms with E-state index in [0.717, 1.165) is 0 Å². The van der Waals surface area contributed by atoms with Crippen LogP contribution in [0.4, 0.5) is 0 Å². The summed E-state index contributed by atoms with van der Waals surface area (Å²) in [5.74, 6) is 0. The van der Waals surface area contributed by atoms with Gasteiger partial charge in [0, 0.05) is 4.47 Å². The largest absolute Gasteiger partial charge is 0.0776 e. The first-order valence-corrected chi connectivity index (χ1v) is 10.1. The molecular formula is C24H33Br. The fraction of sp³-hybridized carbons (Fsp3) is 0.500. The Balaban J connectivity index is 0.00000225. The van der Waals surface area contributed by atoms with Crippen molar-refractivity contribution in [2.24, 2.45) is 5.41 Å². The first-order valence-electron chi connectivity index (χ1n) is 9.29. The summed E-state index contributed by atoms with van der Waals surface area (Å²) >= 11 is 3.69. The smallest absolute Gasteiger partial charge is 0.0178 e. The summed E-state index contributed by atoms with van der Waals surface area (Å²) in [7, 11) is 0. The van der Waals surface area contributed by atoms with E-state index >= 15 is 0 Å². The van der Waals surface area contributed by atoms with Crippen molar-refractivity contribution in [3.05, 3.63) is 69.2 Å². The average molecular weight is 401 g/mol. The van der Waals surface area contributed by atoms with Gasteiger partial charge in [0.1, 0.15) is 0 Å². The van der Waals surface area contributed by atoms with Gasteiger partial charge in [-0.2, -0.15) is 0 Å². The zero-order valence-corrected chi connectivity index (χ0v) is 17.0. The maximum absolute atomic E-state index is 3.69. The highest BCUT2D eigenvalue weighted by Crippen LogP contribution is 2.58. The minimum absolute atomic E-state index is 0. The number of hydrogen-bond donors (Lipinski definition) is 0. The van der Waals surface area contributed by atoms with Gasteiger partial charge in [0.15, 0.2) is 0 Å². The molecule has 2 aromatic rings. The molecule has 2 unspecified atom stereocenters. The normalized spacial score (nSPS) is 24.7. The molecule has 0 N–H and O–H groups in total. The van der Waals surface area contributed by atoms with Crippen LogP contribution < -0.4 is 0 Å². The molecule has 2 atom stereocenters. The van der Waals surface area contributed by atoms with Crippen LogP contribution in [0.2, 0.25) is 0 Å². The number of aryl methyl sites for hydroxylation is 2. The molecule has 0 saturated heterocycles. The topological polar surface area (TPSA) is 0 Å². The Kier molecular flexibility index (Phi) is 6.20. The Morgan fingerprint density at radius 1 is 1.04 bits per heavy atom. The second kappa shape index (κ2) is 7.66. The van der Waals surface area contributed by atoms with Crippen molar-refractivity contribution in [2.75, 3.05) is 0 Å². The summed E-state index contributed by atoms with van der Waals surface area (Å²) < 4.78 is 1.21. The first kappa shape index (κ1) is 20.2. The average Bonchev–Trinajstić information content (AvgIpc) is 2.84. The Morgan fingerprint density at radius 3 is 2.40 bits per heavy atom. The maximum atomic E-state index is 3.69. The summed E-state index contributed by atoms with van der Waals surface area (Å²) in [6.45, 7) is 9.51. The first-order chi connectivity index (χ1) is 11.5. The monoisotopic (exact) mass is 400 g/mol. The Morgan fingerprint density at radius 2 is 1.76 bits per heavy atom. The zero-order valence-electron chi connectivity index (χ0n) is 15.5. The van der Waals surface area contributed by atoms with E-state index in [9.17, 15) is 0 Å². The van der Waals surface area contributed by atoms with Crippen LogP contribution in [0.5, 0.6) is 0 Å². The fourth-order valence-electron chi connectivity index (χ4n) is 4.95. The fourth-order valence-corrected chi connectivity index (χ4v) is 5.31. The van der Waals surface area contributed by atoms with Gasteiger partial charge in [-0.15, -0.1) is 0 Å². The van der Waals surface area contributed by atoms with Crippen LogP contribution in [0, 0.1) is 12.3 Å². The van der Waals surface area contributed by atoms with Gasteiger partial charge in [-0.3, -0.25) is 0 Å².